The number of aryl methyl sites for hydroxylation is 3. The molecule has 25 heavy (non-hydrogen) atoms. The van der Waals surface area contributed by atoms with Crippen LogP contribution in [-0.2, 0) is 29.4 Å². The van der Waals surface area contributed by atoms with Crippen molar-refractivity contribution >= 4 is 5.91 Å². The molecule has 1 fully saturated rings. The molecule has 0 spiro atoms. The Morgan fingerprint density at radius 1 is 1.44 bits per heavy atom. The third-order valence-corrected chi connectivity index (χ3v) is 4.55. The molecule has 0 bridgehead atoms. The molecular weight excluding hydrogens is 318 g/mol. The van der Waals surface area contributed by atoms with Crippen LogP contribution in [0.15, 0.2) is 24.8 Å². The molecule has 7 nitrogen and oxygen atoms in total. The van der Waals surface area contributed by atoms with Gasteiger partial charge in [-0.1, -0.05) is 0 Å². The summed E-state index contributed by atoms with van der Waals surface area (Å²) in [4.78, 5) is 22.8. The van der Waals surface area contributed by atoms with Crippen molar-refractivity contribution in [3.8, 4) is 0 Å². The Bertz CT molecular complexity index is 701. The number of rotatable bonds is 5. The number of hydrogen-bond donors (Lipinski definition) is 0. The minimum Gasteiger partial charge on any atom is -0.379 e. The van der Waals surface area contributed by atoms with E-state index in [4.69, 9.17) is 4.74 Å². The highest BCUT2D eigenvalue weighted by molar-refractivity contribution is 5.76. The number of aromatic nitrogens is 4. The minimum absolute atomic E-state index is 0.182. The average molecular weight is 343 g/mol. The monoisotopic (exact) mass is 343 g/mol. The first-order valence-electron chi connectivity index (χ1n) is 8.71. The lowest BCUT2D eigenvalue weighted by atomic mass is 10.0. The summed E-state index contributed by atoms with van der Waals surface area (Å²) in [6, 6.07) is 1.92. The highest BCUT2D eigenvalue weighted by atomic mass is 16.5. The first-order valence-corrected chi connectivity index (χ1v) is 8.71. The molecule has 134 valence electrons. The van der Waals surface area contributed by atoms with Crippen LogP contribution in [0.25, 0.3) is 0 Å². The third-order valence-electron chi connectivity index (χ3n) is 4.55. The Kier molecular flexibility index (Phi) is 5.75. The van der Waals surface area contributed by atoms with Crippen LogP contribution in [0.1, 0.15) is 23.4 Å². The summed E-state index contributed by atoms with van der Waals surface area (Å²) in [6.45, 7) is 4.62. The first-order chi connectivity index (χ1) is 12.1. The van der Waals surface area contributed by atoms with Crippen LogP contribution >= 0.6 is 0 Å². The average Bonchev–Trinajstić information content (AvgIpc) is 2.79. The molecule has 0 radical (unpaired) electrons. The van der Waals surface area contributed by atoms with Crippen LogP contribution in [0, 0.1) is 12.8 Å². The largest absolute Gasteiger partial charge is 0.379 e. The maximum atomic E-state index is 12.7. The number of carbonyl (C=O) groups excluding carboxylic acids is 1. The molecule has 0 aromatic carbocycles. The molecule has 1 aliphatic rings. The molecule has 0 saturated carbocycles. The van der Waals surface area contributed by atoms with E-state index in [1.165, 1.54) is 0 Å². The lowest BCUT2D eigenvalue weighted by Crippen LogP contribution is -2.36. The van der Waals surface area contributed by atoms with Crippen LogP contribution < -0.4 is 0 Å². The predicted octanol–water partition coefficient (Wildman–Crippen LogP) is 1.17. The van der Waals surface area contributed by atoms with Gasteiger partial charge in [0.25, 0.3) is 0 Å². The van der Waals surface area contributed by atoms with Gasteiger partial charge >= 0.3 is 0 Å². The smallest absolute Gasteiger partial charge is 0.222 e. The van der Waals surface area contributed by atoms with Gasteiger partial charge in [-0.2, -0.15) is 5.10 Å². The second kappa shape index (κ2) is 8.20. The number of nitrogens with zero attached hydrogens (tertiary/aromatic N) is 5. The van der Waals surface area contributed by atoms with Crippen molar-refractivity contribution in [1.82, 2.24) is 24.6 Å². The molecule has 1 unspecified atom stereocenters. The van der Waals surface area contributed by atoms with Gasteiger partial charge in [0.2, 0.25) is 5.91 Å². The molecule has 2 aromatic rings. The fraction of sp³-hybridized carbons (Fsp3) is 0.556. The van der Waals surface area contributed by atoms with Crippen molar-refractivity contribution < 1.29 is 9.53 Å². The van der Waals surface area contributed by atoms with Gasteiger partial charge in [-0.15, -0.1) is 0 Å². The van der Waals surface area contributed by atoms with Gasteiger partial charge in [0.1, 0.15) is 6.33 Å². The Morgan fingerprint density at radius 2 is 2.32 bits per heavy atom. The zero-order valence-corrected chi connectivity index (χ0v) is 14.9. The highest BCUT2D eigenvalue weighted by Gasteiger charge is 2.23. The Balaban J connectivity index is 1.56. The van der Waals surface area contributed by atoms with E-state index in [-0.39, 0.29) is 11.8 Å². The number of carbonyl (C=O) groups is 1. The maximum Gasteiger partial charge on any atom is 0.222 e. The summed E-state index contributed by atoms with van der Waals surface area (Å²) in [5.74, 6) is 0.447. The molecular formula is C18H25N5O2. The molecule has 0 aliphatic carbocycles. The standard InChI is InChI=1S/C18H25N5O2/c1-14-16(11-22(2)21-14)3-4-18(24)23-7-8-25-12-15(10-23)9-17-5-6-19-13-20-17/h5-6,11,13,15H,3-4,7-10,12H2,1-2H3. The Labute approximate surface area is 148 Å². The number of amides is 1. The number of hydrogen-bond acceptors (Lipinski definition) is 5. The zero-order chi connectivity index (χ0) is 17.6. The molecule has 7 heteroatoms. The maximum absolute atomic E-state index is 12.7. The summed E-state index contributed by atoms with van der Waals surface area (Å²) < 4.78 is 7.49. The molecule has 1 atom stereocenters. The predicted molar refractivity (Wildman–Crippen MR) is 92.9 cm³/mol. The SMILES string of the molecule is Cc1nn(C)cc1CCC(=O)N1CCOCC(Cc2ccncn2)C1. The van der Waals surface area contributed by atoms with Gasteiger partial charge in [0.15, 0.2) is 0 Å². The lowest BCUT2D eigenvalue weighted by Gasteiger charge is -2.23. The normalized spacial score (nSPS) is 18.2. The number of ether oxygens (including phenoxy) is 1. The van der Waals surface area contributed by atoms with Gasteiger partial charge in [-0.05, 0) is 31.4 Å². The van der Waals surface area contributed by atoms with Crippen LogP contribution in [-0.4, -0.2) is 56.9 Å². The fourth-order valence-electron chi connectivity index (χ4n) is 3.26. The third kappa shape index (κ3) is 4.85. The van der Waals surface area contributed by atoms with E-state index < -0.39 is 0 Å². The van der Waals surface area contributed by atoms with Crippen molar-refractivity contribution in [2.45, 2.75) is 26.2 Å². The minimum atomic E-state index is 0.182. The van der Waals surface area contributed by atoms with Crippen LogP contribution in [0.5, 0.6) is 0 Å². The van der Waals surface area contributed by atoms with Crippen molar-refractivity contribution in [2.24, 2.45) is 13.0 Å². The van der Waals surface area contributed by atoms with E-state index in [0.717, 1.165) is 36.3 Å². The van der Waals surface area contributed by atoms with E-state index >= 15 is 0 Å². The highest BCUT2D eigenvalue weighted by Crippen LogP contribution is 2.15. The van der Waals surface area contributed by atoms with E-state index in [0.29, 0.717) is 26.2 Å². The topological polar surface area (TPSA) is 73.1 Å². The lowest BCUT2D eigenvalue weighted by molar-refractivity contribution is -0.131. The van der Waals surface area contributed by atoms with E-state index in [2.05, 4.69) is 15.1 Å². The summed E-state index contributed by atoms with van der Waals surface area (Å²) >= 11 is 0. The second-order valence-electron chi connectivity index (χ2n) is 6.60. The Hall–Kier alpha value is -2.28. The molecule has 1 amide bonds. The van der Waals surface area contributed by atoms with Crippen LogP contribution in [0.3, 0.4) is 0 Å². The molecule has 2 aromatic heterocycles. The molecule has 0 N–H and O–H groups in total. The van der Waals surface area contributed by atoms with Crippen molar-refractivity contribution in [1.29, 1.82) is 0 Å². The van der Waals surface area contributed by atoms with Crippen LogP contribution in [0.4, 0.5) is 0 Å². The summed E-state index contributed by atoms with van der Waals surface area (Å²) in [5.41, 5.74) is 3.12. The van der Waals surface area contributed by atoms with Crippen molar-refractivity contribution in [2.75, 3.05) is 26.3 Å². The van der Waals surface area contributed by atoms with Gasteiger partial charge in [0, 0.05) is 50.6 Å². The van der Waals surface area contributed by atoms with E-state index in [1.807, 2.05) is 31.1 Å². The molecule has 3 heterocycles. The summed E-state index contributed by atoms with van der Waals surface area (Å²) in [7, 11) is 1.90. The van der Waals surface area contributed by atoms with Crippen molar-refractivity contribution in [3.63, 3.8) is 0 Å². The van der Waals surface area contributed by atoms with Gasteiger partial charge < -0.3 is 9.64 Å². The quantitative estimate of drug-likeness (QED) is 0.815. The molecule has 1 saturated heterocycles. The van der Waals surface area contributed by atoms with Crippen LogP contribution in [0.2, 0.25) is 0 Å². The summed E-state index contributed by atoms with van der Waals surface area (Å²) in [6.07, 6.45) is 7.34. The zero-order valence-electron chi connectivity index (χ0n) is 14.9. The first kappa shape index (κ1) is 17.5. The Morgan fingerprint density at radius 3 is 3.04 bits per heavy atom. The van der Waals surface area contributed by atoms with Crippen molar-refractivity contribution in [3.05, 3.63) is 41.7 Å². The van der Waals surface area contributed by atoms with E-state index in [9.17, 15) is 4.79 Å². The van der Waals surface area contributed by atoms with Gasteiger partial charge in [-0.3, -0.25) is 9.48 Å². The summed E-state index contributed by atoms with van der Waals surface area (Å²) in [5, 5.41) is 4.34. The van der Waals surface area contributed by atoms with E-state index in [1.54, 1.807) is 17.2 Å². The molecule has 3 rings (SSSR count). The van der Waals surface area contributed by atoms with Gasteiger partial charge in [-0.25, -0.2) is 9.97 Å². The van der Waals surface area contributed by atoms with Gasteiger partial charge in [0.05, 0.1) is 18.9 Å². The fourth-order valence-corrected chi connectivity index (χ4v) is 3.26. The molecule has 1 aliphatic heterocycles. The second-order valence-corrected chi connectivity index (χ2v) is 6.60.